The average Bonchev–Trinajstić information content (AvgIpc) is 3.26. The van der Waals surface area contributed by atoms with Gasteiger partial charge in [0.2, 0.25) is 0 Å². The van der Waals surface area contributed by atoms with Crippen molar-refractivity contribution < 1.29 is 0 Å². The van der Waals surface area contributed by atoms with E-state index in [4.69, 9.17) is 9.97 Å². The van der Waals surface area contributed by atoms with Crippen LogP contribution >= 0.6 is 0 Å². The minimum Gasteiger partial charge on any atom is -0.314 e. The molecule has 0 radical (unpaired) electrons. The van der Waals surface area contributed by atoms with Crippen LogP contribution in [0.5, 0.6) is 0 Å². The smallest absolute Gasteiger partial charge is 0.131 e. The highest BCUT2D eigenvalue weighted by Gasteiger charge is 2.23. The molecular weight excluding hydrogens is 258 g/mol. The molecule has 1 N–H and O–H groups in total. The number of nitrogens with zero attached hydrogens (tertiary/aromatic N) is 2. The molecule has 2 saturated carbocycles. The highest BCUT2D eigenvalue weighted by molar-refractivity contribution is 5.25. The molecule has 3 nitrogen and oxygen atoms in total. The van der Waals surface area contributed by atoms with Gasteiger partial charge in [0.1, 0.15) is 5.82 Å². The second kappa shape index (κ2) is 6.43. The van der Waals surface area contributed by atoms with E-state index in [9.17, 15) is 0 Å². The summed E-state index contributed by atoms with van der Waals surface area (Å²) in [6.45, 7) is 7.76. The van der Waals surface area contributed by atoms with Gasteiger partial charge in [-0.25, -0.2) is 9.97 Å². The first-order chi connectivity index (χ1) is 10.1. The monoisotopic (exact) mass is 287 g/mol. The molecular formula is C18H29N3. The molecule has 21 heavy (non-hydrogen) atoms. The van der Waals surface area contributed by atoms with E-state index >= 15 is 0 Å². The molecule has 0 unspecified atom stereocenters. The molecule has 0 aliphatic heterocycles. The van der Waals surface area contributed by atoms with Crippen molar-refractivity contribution in [2.75, 3.05) is 6.54 Å². The molecule has 0 atom stereocenters. The Kier molecular flexibility index (Phi) is 4.58. The third-order valence-electron chi connectivity index (χ3n) is 5.20. The second-order valence-corrected chi connectivity index (χ2v) is 7.17. The number of hydrogen-bond acceptors (Lipinski definition) is 3. The van der Waals surface area contributed by atoms with E-state index < -0.39 is 0 Å². The van der Waals surface area contributed by atoms with E-state index in [1.165, 1.54) is 55.5 Å². The molecule has 1 heterocycles. The third-order valence-corrected chi connectivity index (χ3v) is 5.20. The molecule has 0 amide bonds. The lowest BCUT2D eigenvalue weighted by Crippen LogP contribution is -2.21. The maximum Gasteiger partial charge on any atom is 0.131 e. The molecule has 0 saturated heterocycles. The fourth-order valence-electron chi connectivity index (χ4n) is 3.52. The first kappa shape index (κ1) is 15.0. The molecule has 0 spiro atoms. The van der Waals surface area contributed by atoms with Crippen molar-refractivity contribution in [2.45, 2.75) is 77.7 Å². The Morgan fingerprint density at radius 1 is 0.952 bits per heavy atom. The number of aryl methyl sites for hydroxylation is 2. The van der Waals surface area contributed by atoms with Gasteiger partial charge in [0.25, 0.3) is 0 Å². The number of rotatable bonds is 5. The van der Waals surface area contributed by atoms with Crippen molar-refractivity contribution in [3.05, 3.63) is 22.8 Å². The Balaban J connectivity index is 1.66. The fourth-order valence-corrected chi connectivity index (χ4v) is 3.52. The highest BCUT2D eigenvalue weighted by Crippen LogP contribution is 2.34. The molecule has 2 aliphatic rings. The van der Waals surface area contributed by atoms with E-state index in [2.05, 4.69) is 26.1 Å². The third kappa shape index (κ3) is 3.82. The maximum absolute atomic E-state index is 4.86. The van der Waals surface area contributed by atoms with Crippen LogP contribution in [0.4, 0.5) is 0 Å². The van der Waals surface area contributed by atoms with E-state index in [1.54, 1.807) is 0 Å². The molecule has 0 bridgehead atoms. The topological polar surface area (TPSA) is 37.8 Å². The lowest BCUT2D eigenvalue weighted by Gasteiger charge is -2.25. The first-order valence-corrected chi connectivity index (χ1v) is 8.71. The molecule has 3 rings (SSSR count). The van der Waals surface area contributed by atoms with Gasteiger partial charge in [-0.05, 0) is 64.0 Å². The van der Waals surface area contributed by atoms with Crippen molar-refractivity contribution in [2.24, 2.45) is 5.92 Å². The van der Waals surface area contributed by atoms with Crippen molar-refractivity contribution in [3.8, 4) is 0 Å². The zero-order valence-corrected chi connectivity index (χ0v) is 13.8. The van der Waals surface area contributed by atoms with Gasteiger partial charge in [-0.1, -0.05) is 19.8 Å². The number of nitrogens with one attached hydrogen (secondary N) is 1. The van der Waals surface area contributed by atoms with Crippen LogP contribution in [-0.4, -0.2) is 22.6 Å². The van der Waals surface area contributed by atoms with Gasteiger partial charge in [-0.3, -0.25) is 0 Å². The van der Waals surface area contributed by atoms with Gasteiger partial charge in [0, 0.05) is 23.3 Å². The summed E-state index contributed by atoms with van der Waals surface area (Å²) in [5, 5.41) is 3.59. The maximum atomic E-state index is 4.86. The molecule has 2 fully saturated rings. The van der Waals surface area contributed by atoms with Gasteiger partial charge in [-0.2, -0.15) is 0 Å². The summed E-state index contributed by atoms with van der Waals surface area (Å²) in [6, 6.07) is 0.787. The quantitative estimate of drug-likeness (QED) is 0.897. The molecule has 116 valence electrons. The fraction of sp³-hybridized carbons (Fsp3) is 0.778. The second-order valence-electron chi connectivity index (χ2n) is 7.17. The standard InChI is InChI=1S/C18H29N3/c1-12-4-6-15(7-5-12)18-20-13(2)17(14(3)21-18)10-11-19-16-8-9-16/h12,15-16,19H,4-11H2,1-3H3. The lowest BCUT2D eigenvalue weighted by molar-refractivity contribution is 0.339. The summed E-state index contributed by atoms with van der Waals surface area (Å²) in [5.74, 6) is 2.59. The molecule has 3 heteroatoms. The molecule has 1 aromatic heterocycles. The summed E-state index contributed by atoms with van der Waals surface area (Å²) in [7, 11) is 0. The normalized spacial score (nSPS) is 26.0. The van der Waals surface area contributed by atoms with Crippen LogP contribution < -0.4 is 5.32 Å². The average molecular weight is 287 g/mol. The van der Waals surface area contributed by atoms with Crippen LogP contribution in [0.15, 0.2) is 0 Å². The summed E-state index contributed by atoms with van der Waals surface area (Å²) < 4.78 is 0. The molecule has 0 aromatic carbocycles. The minimum absolute atomic E-state index is 0.595. The van der Waals surface area contributed by atoms with Crippen LogP contribution in [-0.2, 0) is 6.42 Å². The molecule has 2 aliphatic carbocycles. The van der Waals surface area contributed by atoms with Crippen LogP contribution in [0.1, 0.15) is 74.1 Å². The van der Waals surface area contributed by atoms with Gasteiger partial charge < -0.3 is 5.32 Å². The van der Waals surface area contributed by atoms with Crippen LogP contribution in [0.2, 0.25) is 0 Å². The summed E-state index contributed by atoms with van der Waals surface area (Å²) in [6.07, 6.45) is 8.97. The van der Waals surface area contributed by atoms with E-state index in [0.717, 1.165) is 30.7 Å². The highest BCUT2D eigenvalue weighted by atomic mass is 14.9. The van der Waals surface area contributed by atoms with E-state index in [1.807, 2.05) is 0 Å². The molecule has 1 aromatic rings. The van der Waals surface area contributed by atoms with E-state index in [-0.39, 0.29) is 0 Å². The van der Waals surface area contributed by atoms with Crippen molar-refractivity contribution in [3.63, 3.8) is 0 Å². The van der Waals surface area contributed by atoms with Crippen molar-refractivity contribution >= 4 is 0 Å². The predicted molar refractivity (Wildman–Crippen MR) is 86.6 cm³/mol. The Bertz CT molecular complexity index is 462. The van der Waals surface area contributed by atoms with Gasteiger partial charge in [-0.15, -0.1) is 0 Å². The number of aromatic nitrogens is 2. The predicted octanol–water partition coefficient (Wildman–Crippen LogP) is 3.68. The zero-order valence-electron chi connectivity index (χ0n) is 13.8. The Labute approximate surface area is 129 Å². The van der Waals surface area contributed by atoms with Gasteiger partial charge >= 0.3 is 0 Å². The summed E-state index contributed by atoms with van der Waals surface area (Å²) in [5.41, 5.74) is 3.76. The first-order valence-electron chi connectivity index (χ1n) is 8.71. The summed E-state index contributed by atoms with van der Waals surface area (Å²) >= 11 is 0. The minimum atomic E-state index is 0.595. The van der Waals surface area contributed by atoms with Crippen LogP contribution in [0.25, 0.3) is 0 Å². The van der Waals surface area contributed by atoms with Crippen LogP contribution in [0, 0.1) is 19.8 Å². The van der Waals surface area contributed by atoms with E-state index in [0.29, 0.717) is 5.92 Å². The van der Waals surface area contributed by atoms with Gasteiger partial charge in [0.05, 0.1) is 0 Å². The lowest BCUT2D eigenvalue weighted by atomic mass is 9.82. The Hall–Kier alpha value is -0.960. The van der Waals surface area contributed by atoms with Crippen LogP contribution in [0.3, 0.4) is 0 Å². The Morgan fingerprint density at radius 3 is 2.14 bits per heavy atom. The van der Waals surface area contributed by atoms with Gasteiger partial charge in [0.15, 0.2) is 0 Å². The van der Waals surface area contributed by atoms with Crippen molar-refractivity contribution in [1.82, 2.24) is 15.3 Å². The largest absolute Gasteiger partial charge is 0.314 e. The van der Waals surface area contributed by atoms with Crippen molar-refractivity contribution in [1.29, 1.82) is 0 Å². The zero-order chi connectivity index (χ0) is 14.8. The number of hydrogen-bond donors (Lipinski definition) is 1. The Morgan fingerprint density at radius 2 is 1.57 bits per heavy atom. The summed E-state index contributed by atoms with van der Waals surface area (Å²) in [4.78, 5) is 9.71. The SMILES string of the molecule is Cc1nc(C2CCC(C)CC2)nc(C)c1CCNC1CC1.